The fraction of sp³-hybridized carbons (Fsp3) is 0.667. The van der Waals surface area contributed by atoms with E-state index in [-0.39, 0.29) is 17.4 Å². The van der Waals surface area contributed by atoms with Gasteiger partial charge in [0.1, 0.15) is 0 Å². The Morgan fingerprint density at radius 3 is 2.12 bits per heavy atom. The van der Waals surface area contributed by atoms with E-state index in [9.17, 15) is 4.79 Å². The highest BCUT2D eigenvalue weighted by molar-refractivity contribution is 6.30. The Kier molecular flexibility index (Phi) is 6.93. The van der Waals surface area contributed by atoms with Crippen LogP contribution in [-0.2, 0) is 10.2 Å². The molecule has 1 amide bonds. The van der Waals surface area contributed by atoms with Crippen molar-refractivity contribution in [3.8, 4) is 0 Å². The molecule has 0 radical (unpaired) electrons. The van der Waals surface area contributed by atoms with E-state index in [1.165, 1.54) is 12.0 Å². The molecule has 4 heteroatoms. The molecule has 1 saturated carbocycles. The highest BCUT2D eigenvalue weighted by Gasteiger charge is 2.46. The molecule has 1 aromatic carbocycles. The summed E-state index contributed by atoms with van der Waals surface area (Å²) in [5.41, 5.74) is 7.43. The summed E-state index contributed by atoms with van der Waals surface area (Å²) in [6, 6.07) is 7.83. The molecule has 0 spiro atoms. The number of amides is 1. The third-order valence-corrected chi connectivity index (χ3v) is 5.67. The van der Waals surface area contributed by atoms with Crippen LogP contribution < -0.4 is 11.1 Å². The molecule has 1 aliphatic rings. The molecule has 1 fully saturated rings. The molecule has 25 heavy (non-hydrogen) atoms. The molecule has 1 aliphatic carbocycles. The molecule has 3 N–H and O–H groups in total. The van der Waals surface area contributed by atoms with Crippen LogP contribution in [0.4, 0.5) is 0 Å². The largest absolute Gasteiger partial charge is 0.351 e. The van der Waals surface area contributed by atoms with Crippen LogP contribution in [0.2, 0.25) is 5.02 Å². The zero-order chi connectivity index (χ0) is 18.6. The van der Waals surface area contributed by atoms with Crippen molar-refractivity contribution < 1.29 is 4.79 Å². The summed E-state index contributed by atoms with van der Waals surface area (Å²) in [4.78, 5) is 12.7. The minimum Gasteiger partial charge on any atom is -0.351 e. The first-order valence-corrected chi connectivity index (χ1v) is 9.94. The summed E-state index contributed by atoms with van der Waals surface area (Å²) in [5.74, 6) is 0.911. The summed E-state index contributed by atoms with van der Waals surface area (Å²) in [6.07, 6.45) is 5.08. The first kappa shape index (κ1) is 20.3. The van der Waals surface area contributed by atoms with Gasteiger partial charge in [-0.15, -0.1) is 0 Å². The predicted octanol–water partition coefficient (Wildman–Crippen LogP) is 4.67. The van der Waals surface area contributed by atoms with Gasteiger partial charge in [-0.3, -0.25) is 4.79 Å². The lowest BCUT2D eigenvalue weighted by atomic mass is 9.58. The summed E-state index contributed by atoms with van der Waals surface area (Å²) in [6.45, 7) is 8.61. The summed E-state index contributed by atoms with van der Waals surface area (Å²) < 4.78 is 0. The highest BCUT2D eigenvalue weighted by atomic mass is 35.5. The Morgan fingerprint density at radius 2 is 1.68 bits per heavy atom. The Hall–Kier alpha value is -1.06. The van der Waals surface area contributed by atoms with Crippen molar-refractivity contribution in [1.82, 2.24) is 5.32 Å². The fourth-order valence-corrected chi connectivity index (χ4v) is 4.09. The van der Waals surface area contributed by atoms with E-state index >= 15 is 0 Å². The number of halogens is 1. The summed E-state index contributed by atoms with van der Waals surface area (Å²) >= 11 is 6.07. The molecule has 2 rings (SSSR count). The van der Waals surface area contributed by atoms with Crippen molar-refractivity contribution in [3.05, 3.63) is 34.9 Å². The molecular formula is C21H33ClN2O. The molecule has 3 nitrogen and oxygen atoms in total. The van der Waals surface area contributed by atoms with Crippen LogP contribution in [0, 0.1) is 11.8 Å². The van der Waals surface area contributed by atoms with E-state index in [0.717, 1.165) is 24.3 Å². The SMILES string of the molecule is CC(C)CC(N)C(=O)NC(CC(C)C)C1(c2ccc(Cl)cc2)CCC1. The number of hydrogen-bond donors (Lipinski definition) is 2. The average Bonchev–Trinajstić information content (AvgIpc) is 2.46. The molecule has 0 heterocycles. The standard InChI is InChI=1S/C21H33ClN2O/c1-14(2)12-18(23)20(25)24-19(13-15(3)4)21(10-5-11-21)16-6-8-17(22)9-7-16/h6-9,14-15,18-19H,5,10-13,23H2,1-4H3,(H,24,25). The van der Waals surface area contributed by atoms with Crippen molar-refractivity contribution in [2.45, 2.75) is 77.3 Å². The Labute approximate surface area is 157 Å². The third-order valence-electron chi connectivity index (χ3n) is 5.42. The quantitative estimate of drug-likeness (QED) is 0.704. The van der Waals surface area contributed by atoms with Gasteiger partial charge in [-0.05, 0) is 55.2 Å². The number of nitrogens with two attached hydrogens (primary N) is 1. The van der Waals surface area contributed by atoms with Crippen LogP contribution in [0.5, 0.6) is 0 Å². The molecular weight excluding hydrogens is 332 g/mol. The first-order valence-electron chi connectivity index (χ1n) is 9.56. The Bertz CT molecular complexity index is 564. The van der Waals surface area contributed by atoms with E-state index in [2.05, 4.69) is 45.1 Å². The van der Waals surface area contributed by atoms with Gasteiger partial charge in [0.15, 0.2) is 0 Å². The van der Waals surface area contributed by atoms with Gasteiger partial charge < -0.3 is 11.1 Å². The predicted molar refractivity (Wildman–Crippen MR) is 106 cm³/mol. The number of rotatable bonds is 8. The van der Waals surface area contributed by atoms with Gasteiger partial charge in [-0.1, -0.05) is 57.8 Å². The van der Waals surface area contributed by atoms with Gasteiger partial charge in [0.25, 0.3) is 0 Å². The maximum absolute atomic E-state index is 12.7. The lowest BCUT2D eigenvalue weighted by Crippen LogP contribution is -2.57. The third kappa shape index (κ3) is 4.98. The zero-order valence-corrected chi connectivity index (χ0v) is 16.8. The lowest BCUT2D eigenvalue weighted by molar-refractivity contribution is -0.124. The van der Waals surface area contributed by atoms with Crippen molar-refractivity contribution >= 4 is 17.5 Å². The Balaban J connectivity index is 2.22. The monoisotopic (exact) mass is 364 g/mol. The van der Waals surface area contributed by atoms with Crippen molar-refractivity contribution in [1.29, 1.82) is 0 Å². The highest BCUT2D eigenvalue weighted by Crippen LogP contribution is 2.48. The van der Waals surface area contributed by atoms with E-state index in [0.29, 0.717) is 18.3 Å². The van der Waals surface area contributed by atoms with Gasteiger partial charge in [-0.25, -0.2) is 0 Å². The second-order valence-corrected chi connectivity index (χ2v) is 8.88. The number of benzene rings is 1. The lowest BCUT2D eigenvalue weighted by Gasteiger charge is -2.49. The van der Waals surface area contributed by atoms with Crippen LogP contribution in [0.1, 0.15) is 65.4 Å². The molecule has 0 aliphatic heterocycles. The van der Waals surface area contributed by atoms with Crippen LogP contribution in [0.25, 0.3) is 0 Å². The van der Waals surface area contributed by atoms with Gasteiger partial charge >= 0.3 is 0 Å². The van der Waals surface area contributed by atoms with Crippen LogP contribution in [0.15, 0.2) is 24.3 Å². The number of nitrogens with one attached hydrogen (secondary N) is 1. The second-order valence-electron chi connectivity index (χ2n) is 8.44. The second kappa shape index (κ2) is 8.55. The van der Waals surface area contributed by atoms with Crippen LogP contribution in [-0.4, -0.2) is 18.0 Å². The van der Waals surface area contributed by atoms with Gasteiger partial charge in [-0.2, -0.15) is 0 Å². The van der Waals surface area contributed by atoms with E-state index in [1.54, 1.807) is 0 Å². The normalized spacial score (nSPS) is 18.7. The maximum Gasteiger partial charge on any atom is 0.237 e. The molecule has 0 bridgehead atoms. The van der Waals surface area contributed by atoms with Crippen LogP contribution in [0.3, 0.4) is 0 Å². The molecule has 2 unspecified atom stereocenters. The van der Waals surface area contributed by atoms with E-state index in [4.69, 9.17) is 17.3 Å². The summed E-state index contributed by atoms with van der Waals surface area (Å²) in [5, 5.41) is 4.06. The van der Waals surface area contributed by atoms with Crippen molar-refractivity contribution in [2.24, 2.45) is 17.6 Å². The van der Waals surface area contributed by atoms with Crippen molar-refractivity contribution in [2.75, 3.05) is 0 Å². The number of hydrogen-bond acceptors (Lipinski definition) is 2. The fourth-order valence-electron chi connectivity index (χ4n) is 3.97. The molecule has 0 saturated heterocycles. The minimum absolute atomic E-state index is 0.0143. The zero-order valence-electron chi connectivity index (χ0n) is 16.0. The molecule has 140 valence electrons. The van der Waals surface area contributed by atoms with E-state index < -0.39 is 6.04 Å². The summed E-state index contributed by atoms with van der Waals surface area (Å²) in [7, 11) is 0. The number of carbonyl (C=O) groups is 1. The van der Waals surface area contributed by atoms with Gasteiger partial charge in [0.05, 0.1) is 6.04 Å². The van der Waals surface area contributed by atoms with Gasteiger partial charge in [0.2, 0.25) is 5.91 Å². The maximum atomic E-state index is 12.7. The molecule has 0 aromatic heterocycles. The van der Waals surface area contributed by atoms with Crippen LogP contribution >= 0.6 is 11.6 Å². The molecule has 1 aromatic rings. The van der Waals surface area contributed by atoms with E-state index in [1.807, 2.05) is 12.1 Å². The van der Waals surface area contributed by atoms with Gasteiger partial charge in [0, 0.05) is 16.5 Å². The first-order chi connectivity index (χ1) is 11.7. The van der Waals surface area contributed by atoms with Crippen molar-refractivity contribution in [3.63, 3.8) is 0 Å². The number of carbonyl (C=O) groups excluding carboxylic acids is 1. The average molecular weight is 365 g/mol. The minimum atomic E-state index is -0.433. The topological polar surface area (TPSA) is 55.1 Å². The smallest absolute Gasteiger partial charge is 0.237 e. The molecule has 2 atom stereocenters. The Morgan fingerprint density at radius 1 is 1.12 bits per heavy atom.